The van der Waals surface area contributed by atoms with Crippen LogP contribution in [0.5, 0.6) is 11.5 Å². The fourth-order valence-electron chi connectivity index (χ4n) is 2.52. The topological polar surface area (TPSA) is 65.0 Å². The lowest BCUT2D eigenvalue weighted by Crippen LogP contribution is -2.11. The molecule has 0 saturated heterocycles. The molecule has 9 heteroatoms. The third kappa shape index (κ3) is 5.46. The van der Waals surface area contributed by atoms with Gasteiger partial charge >= 0.3 is 10.1 Å². The number of hydrogen-bond donors (Lipinski definition) is 0. The van der Waals surface area contributed by atoms with Crippen LogP contribution in [0.25, 0.3) is 0 Å². The maximum atomic E-state index is 12.6. The highest BCUT2D eigenvalue weighted by molar-refractivity contribution is 14.1. The van der Waals surface area contributed by atoms with Gasteiger partial charge in [0.15, 0.2) is 11.5 Å². The molecule has 0 heterocycles. The first-order valence-corrected chi connectivity index (χ1v) is 11.8. The summed E-state index contributed by atoms with van der Waals surface area (Å²) in [5.74, 6) is 0.368. The van der Waals surface area contributed by atoms with Gasteiger partial charge in [-0.3, -0.25) is 4.99 Å². The normalized spacial score (nSPS) is 11.6. The molecule has 0 bridgehead atoms. The van der Waals surface area contributed by atoms with E-state index in [2.05, 4.69) is 4.99 Å². The SMILES string of the molecule is COc1cc(C=Nc2cc(Cl)ccc2C)cc(I)c1OS(=O)(=O)c1ccc(Cl)cc1. The van der Waals surface area contributed by atoms with E-state index in [9.17, 15) is 8.42 Å². The lowest BCUT2D eigenvalue weighted by molar-refractivity contribution is 0.389. The minimum Gasteiger partial charge on any atom is -0.493 e. The molecule has 3 aromatic carbocycles. The summed E-state index contributed by atoms with van der Waals surface area (Å²) in [5, 5.41) is 1.02. The van der Waals surface area contributed by atoms with E-state index < -0.39 is 10.1 Å². The summed E-state index contributed by atoms with van der Waals surface area (Å²) >= 11 is 13.9. The second-order valence-corrected chi connectivity index (χ2v) is 9.80. The molecule has 0 aliphatic carbocycles. The van der Waals surface area contributed by atoms with Crippen molar-refractivity contribution in [3.8, 4) is 11.5 Å². The van der Waals surface area contributed by atoms with Gasteiger partial charge in [0, 0.05) is 16.3 Å². The Morgan fingerprint density at radius 2 is 1.67 bits per heavy atom. The van der Waals surface area contributed by atoms with Crippen LogP contribution in [0, 0.1) is 10.5 Å². The number of halogens is 3. The molecule has 156 valence electrons. The van der Waals surface area contributed by atoms with Gasteiger partial charge in [-0.25, -0.2) is 0 Å². The molecule has 0 amide bonds. The van der Waals surface area contributed by atoms with Crippen LogP contribution in [0.1, 0.15) is 11.1 Å². The molecule has 0 N–H and O–H groups in total. The summed E-state index contributed by atoms with van der Waals surface area (Å²) in [7, 11) is -2.62. The molecule has 3 aromatic rings. The standard InChI is InChI=1S/C21H16Cl2INO4S/c1-13-3-4-16(23)11-19(13)25-12-14-9-18(24)21(20(10-14)28-2)29-30(26,27)17-7-5-15(22)6-8-17/h3-12H,1-2H3. The molecule has 30 heavy (non-hydrogen) atoms. The zero-order valence-electron chi connectivity index (χ0n) is 15.9. The van der Waals surface area contributed by atoms with Gasteiger partial charge < -0.3 is 8.92 Å². The van der Waals surface area contributed by atoms with E-state index in [1.807, 2.05) is 35.6 Å². The van der Waals surface area contributed by atoms with Gasteiger partial charge in [0.25, 0.3) is 0 Å². The Kier molecular flexibility index (Phi) is 7.28. The Hall–Kier alpha value is -1.81. The zero-order chi connectivity index (χ0) is 21.9. The third-order valence-corrected chi connectivity index (χ3v) is 6.59. The van der Waals surface area contributed by atoms with E-state index >= 15 is 0 Å². The minimum atomic E-state index is -4.06. The molecule has 3 rings (SSSR count). The van der Waals surface area contributed by atoms with Crippen molar-refractivity contribution in [1.82, 2.24) is 0 Å². The predicted molar refractivity (Wildman–Crippen MR) is 128 cm³/mol. The Bertz CT molecular complexity index is 1210. The largest absolute Gasteiger partial charge is 0.493 e. The first-order valence-electron chi connectivity index (χ1n) is 8.57. The van der Waals surface area contributed by atoms with Crippen LogP contribution in [-0.2, 0) is 10.1 Å². The van der Waals surface area contributed by atoms with Gasteiger partial charge in [0.1, 0.15) is 4.90 Å². The third-order valence-electron chi connectivity index (χ3n) is 4.07. The van der Waals surface area contributed by atoms with E-state index in [1.54, 1.807) is 30.5 Å². The van der Waals surface area contributed by atoms with Crippen LogP contribution < -0.4 is 8.92 Å². The van der Waals surface area contributed by atoms with E-state index in [-0.39, 0.29) is 16.4 Å². The number of rotatable bonds is 6. The Labute approximate surface area is 198 Å². The van der Waals surface area contributed by atoms with Crippen molar-refractivity contribution < 1.29 is 17.3 Å². The fraction of sp³-hybridized carbons (Fsp3) is 0.0952. The van der Waals surface area contributed by atoms with Crippen LogP contribution >= 0.6 is 45.8 Å². The van der Waals surface area contributed by atoms with Crippen molar-refractivity contribution in [3.63, 3.8) is 0 Å². The van der Waals surface area contributed by atoms with Crippen LogP contribution in [0.3, 0.4) is 0 Å². The van der Waals surface area contributed by atoms with Gasteiger partial charge in [-0.05, 0) is 89.2 Å². The van der Waals surface area contributed by atoms with Crippen molar-refractivity contribution >= 4 is 67.8 Å². The highest BCUT2D eigenvalue weighted by Crippen LogP contribution is 2.36. The molecule has 0 saturated carbocycles. The zero-order valence-corrected chi connectivity index (χ0v) is 20.4. The highest BCUT2D eigenvalue weighted by atomic mass is 127. The average molecular weight is 576 g/mol. The second-order valence-electron chi connectivity index (χ2n) is 6.21. The summed E-state index contributed by atoms with van der Waals surface area (Å²) in [4.78, 5) is 4.47. The van der Waals surface area contributed by atoms with Gasteiger partial charge in [0.2, 0.25) is 0 Å². The molecular formula is C21H16Cl2INO4S. The Morgan fingerprint density at radius 3 is 2.33 bits per heavy atom. The number of hydrogen-bond acceptors (Lipinski definition) is 5. The molecule has 5 nitrogen and oxygen atoms in total. The number of benzene rings is 3. The molecule has 0 aliphatic rings. The van der Waals surface area contributed by atoms with Crippen molar-refractivity contribution in [2.24, 2.45) is 4.99 Å². The van der Waals surface area contributed by atoms with Gasteiger partial charge in [-0.1, -0.05) is 29.3 Å². The summed E-state index contributed by atoms with van der Waals surface area (Å²) < 4.78 is 36.6. The molecule has 0 unspecified atom stereocenters. The Balaban J connectivity index is 1.93. The van der Waals surface area contributed by atoms with Gasteiger partial charge in [-0.15, -0.1) is 0 Å². The van der Waals surface area contributed by atoms with E-state index in [1.165, 1.54) is 31.4 Å². The maximum Gasteiger partial charge on any atom is 0.339 e. The van der Waals surface area contributed by atoms with Crippen LogP contribution in [0.4, 0.5) is 5.69 Å². The van der Waals surface area contributed by atoms with Crippen molar-refractivity contribution in [3.05, 3.63) is 79.3 Å². The first-order chi connectivity index (χ1) is 14.2. The minimum absolute atomic E-state index is 0.00757. The molecule has 0 spiro atoms. The average Bonchev–Trinajstić information content (AvgIpc) is 2.70. The summed E-state index contributed by atoms with van der Waals surface area (Å²) in [6.07, 6.45) is 1.65. The summed E-state index contributed by atoms with van der Waals surface area (Å²) in [6, 6.07) is 14.6. The predicted octanol–water partition coefficient (Wildman–Crippen LogP) is 6.43. The van der Waals surface area contributed by atoms with Gasteiger partial charge in [-0.2, -0.15) is 8.42 Å². The van der Waals surface area contributed by atoms with Crippen LogP contribution in [0.2, 0.25) is 10.0 Å². The smallest absolute Gasteiger partial charge is 0.339 e. The van der Waals surface area contributed by atoms with E-state index in [4.69, 9.17) is 32.1 Å². The number of aliphatic imine (C=N–C) groups is 1. The van der Waals surface area contributed by atoms with Crippen LogP contribution in [-0.4, -0.2) is 21.7 Å². The molecule has 0 fully saturated rings. The highest BCUT2D eigenvalue weighted by Gasteiger charge is 2.22. The first kappa shape index (κ1) is 22.9. The van der Waals surface area contributed by atoms with Crippen LogP contribution in [0.15, 0.2) is 64.5 Å². The number of methoxy groups -OCH3 is 1. The van der Waals surface area contributed by atoms with E-state index in [0.717, 1.165) is 11.3 Å². The fourth-order valence-corrected chi connectivity index (χ4v) is 4.65. The lowest BCUT2D eigenvalue weighted by atomic mass is 10.2. The quantitative estimate of drug-likeness (QED) is 0.193. The number of nitrogens with zero attached hydrogens (tertiary/aromatic N) is 1. The molecule has 0 aromatic heterocycles. The molecule has 0 atom stereocenters. The number of aryl methyl sites for hydroxylation is 1. The summed E-state index contributed by atoms with van der Waals surface area (Å²) in [6.45, 7) is 1.94. The van der Waals surface area contributed by atoms with E-state index in [0.29, 0.717) is 19.2 Å². The van der Waals surface area contributed by atoms with Gasteiger partial charge in [0.05, 0.1) is 16.4 Å². The Morgan fingerprint density at radius 1 is 1.00 bits per heavy atom. The van der Waals surface area contributed by atoms with Crippen molar-refractivity contribution in [2.75, 3.05) is 7.11 Å². The summed E-state index contributed by atoms with van der Waals surface area (Å²) in [5.41, 5.74) is 2.43. The monoisotopic (exact) mass is 575 g/mol. The second kappa shape index (κ2) is 9.55. The van der Waals surface area contributed by atoms with Crippen molar-refractivity contribution in [1.29, 1.82) is 0 Å². The molecule has 0 aliphatic heterocycles. The molecular weight excluding hydrogens is 560 g/mol. The lowest BCUT2D eigenvalue weighted by Gasteiger charge is -2.13. The maximum absolute atomic E-state index is 12.6. The van der Waals surface area contributed by atoms with Crippen molar-refractivity contribution in [2.45, 2.75) is 11.8 Å². The molecule has 0 radical (unpaired) electrons. The number of ether oxygens (including phenoxy) is 1.